The van der Waals surface area contributed by atoms with Crippen LogP contribution in [-0.2, 0) is 26.2 Å². The lowest BCUT2D eigenvalue weighted by Crippen LogP contribution is -2.55. The minimum atomic E-state index is 0.551. The van der Waals surface area contributed by atoms with Gasteiger partial charge in [0.1, 0.15) is 0 Å². The Kier molecular flexibility index (Phi) is 8.73. The Morgan fingerprint density at radius 1 is 0.541 bits per heavy atom. The Labute approximate surface area is 224 Å². The van der Waals surface area contributed by atoms with E-state index in [0.717, 1.165) is 65.4 Å². The second kappa shape index (κ2) is 12.4. The Morgan fingerprint density at radius 2 is 1.03 bits per heavy atom. The highest BCUT2D eigenvalue weighted by Gasteiger charge is 2.29. The SMILES string of the molecule is Cc1ccc(CN2CC(C)N(Cc3cccc(CN4CCN(Cc5ccccc5)CC4)c3)C(C)C2)cc1. The van der Waals surface area contributed by atoms with Crippen LogP contribution in [0.25, 0.3) is 0 Å². The molecule has 2 fully saturated rings. The molecule has 2 heterocycles. The molecule has 4 nitrogen and oxygen atoms in total. The third-order valence-electron chi connectivity index (χ3n) is 8.18. The molecule has 3 aromatic rings. The molecule has 37 heavy (non-hydrogen) atoms. The second-order valence-corrected chi connectivity index (χ2v) is 11.4. The first-order chi connectivity index (χ1) is 18.0. The molecule has 2 atom stereocenters. The summed E-state index contributed by atoms with van der Waals surface area (Å²) in [6, 6.07) is 30.3. The Balaban J connectivity index is 1.11. The van der Waals surface area contributed by atoms with Crippen LogP contribution in [0.4, 0.5) is 0 Å². The molecule has 5 rings (SSSR count). The van der Waals surface area contributed by atoms with Gasteiger partial charge in [0.2, 0.25) is 0 Å². The molecule has 2 saturated heterocycles. The molecular formula is C33H44N4. The molecular weight excluding hydrogens is 452 g/mol. The summed E-state index contributed by atoms with van der Waals surface area (Å²) in [6.45, 7) is 18.0. The van der Waals surface area contributed by atoms with E-state index in [1.54, 1.807) is 0 Å². The fraction of sp³-hybridized carbons (Fsp3) is 0.455. The maximum absolute atomic E-state index is 2.70. The normalized spacial score (nSPS) is 22.4. The standard InChI is InChI=1S/C33H44N4/c1-27-12-14-31(15-13-27)24-36-21-28(2)37(29(3)22-36)26-33-11-7-10-32(20-33)25-35-18-16-34(17-19-35)23-30-8-5-4-6-9-30/h4-15,20,28-29H,16-19,21-26H2,1-3H3. The first-order valence-electron chi connectivity index (χ1n) is 14.1. The molecule has 0 aromatic heterocycles. The van der Waals surface area contributed by atoms with Gasteiger partial charge in [0.15, 0.2) is 0 Å². The van der Waals surface area contributed by atoms with Gasteiger partial charge in [-0.05, 0) is 43.0 Å². The third kappa shape index (κ3) is 7.30. The maximum Gasteiger partial charge on any atom is 0.0240 e. The predicted molar refractivity (Wildman–Crippen MR) is 154 cm³/mol. The molecule has 2 aliphatic rings. The summed E-state index contributed by atoms with van der Waals surface area (Å²) in [5.74, 6) is 0. The van der Waals surface area contributed by atoms with Crippen molar-refractivity contribution in [2.24, 2.45) is 0 Å². The number of piperazine rings is 2. The van der Waals surface area contributed by atoms with Gasteiger partial charge >= 0.3 is 0 Å². The fourth-order valence-electron chi connectivity index (χ4n) is 6.10. The lowest BCUT2D eigenvalue weighted by molar-refractivity contribution is 0.0290. The minimum Gasteiger partial charge on any atom is -0.297 e. The van der Waals surface area contributed by atoms with Crippen molar-refractivity contribution in [1.82, 2.24) is 19.6 Å². The van der Waals surface area contributed by atoms with E-state index in [1.807, 2.05) is 0 Å². The second-order valence-electron chi connectivity index (χ2n) is 11.4. The minimum absolute atomic E-state index is 0.551. The van der Waals surface area contributed by atoms with Gasteiger partial charge in [-0.3, -0.25) is 19.6 Å². The quantitative estimate of drug-likeness (QED) is 0.414. The summed E-state index contributed by atoms with van der Waals surface area (Å²) in [6.07, 6.45) is 0. The van der Waals surface area contributed by atoms with Gasteiger partial charge in [0.25, 0.3) is 0 Å². The van der Waals surface area contributed by atoms with Gasteiger partial charge in [-0.15, -0.1) is 0 Å². The molecule has 0 bridgehead atoms. The smallest absolute Gasteiger partial charge is 0.0240 e. The van der Waals surface area contributed by atoms with Crippen molar-refractivity contribution in [2.45, 2.75) is 59.0 Å². The molecule has 196 valence electrons. The van der Waals surface area contributed by atoms with E-state index in [4.69, 9.17) is 0 Å². The number of rotatable bonds is 8. The van der Waals surface area contributed by atoms with Gasteiger partial charge in [-0.1, -0.05) is 84.4 Å². The fourth-order valence-corrected chi connectivity index (χ4v) is 6.10. The average molecular weight is 497 g/mol. The Hall–Kier alpha value is -2.50. The van der Waals surface area contributed by atoms with E-state index in [-0.39, 0.29) is 0 Å². The van der Waals surface area contributed by atoms with Crippen LogP contribution < -0.4 is 0 Å². The summed E-state index contributed by atoms with van der Waals surface area (Å²) in [7, 11) is 0. The van der Waals surface area contributed by atoms with E-state index in [9.17, 15) is 0 Å². The summed E-state index contributed by atoms with van der Waals surface area (Å²) in [5.41, 5.74) is 7.08. The molecule has 0 spiro atoms. The van der Waals surface area contributed by atoms with Gasteiger partial charge in [-0.25, -0.2) is 0 Å². The van der Waals surface area contributed by atoms with Crippen molar-refractivity contribution < 1.29 is 0 Å². The van der Waals surface area contributed by atoms with Crippen LogP contribution in [-0.4, -0.2) is 71.0 Å². The van der Waals surface area contributed by atoms with E-state index < -0.39 is 0 Å². The molecule has 0 amide bonds. The number of hydrogen-bond donors (Lipinski definition) is 0. The molecule has 2 aliphatic heterocycles. The zero-order valence-electron chi connectivity index (χ0n) is 23.0. The Morgan fingerprint density at radius 3 is 1.65 bits per heavy atom. The summed E-state index contributed by atoms with van der Waals surface area (Å²) < 4.78 is 0. The van der Waals surface area contributed by atoms with Crippen molar-refractivity contribution in [3.63, 3.8) is 0 Å². The summed E-state index contributed by atoms with van der Waals surface area (Å²) >= 11 is 0. The van der Waals surface area contributed by atoms with E-state index in [0.29, 0.717) is 12.1 Å². The van der Waals surface area contributed by atoms with Gasteiger partial charge < -0.3 is 0 Å². The van der Waals surface area contributed by atoms with Crippen LogP contribution in [0.2, 0.25) is 0 Å². The highest BCUT2D eigenvalue weighted by molar-refractivity contribution is 5.24. The molecule has 0 saturated carbocycles. The van der Waals surface area contributed by atoms with Crippen molar-refractivity contribution in [3.8, 4) is 0 Å². The predicted octanol–water partition coefficient (Wildman–Crippen LogP) is 5.41. The zero-order chi connectivity index (χ0) is 25.6. The third-order valence-corrected chi connectivity index (χ3v) is 8.18. The van der Waals surface area contributed by atoms with E-state index >= 15 is 0 Å². The first-order valence-corrected chi connectivity index (χ1v) is 14.1. The van der Waals surface area contributed by atoms with Crippen molar-refractivity contribution in [3.05, 3.63) is 107 Å². The van der Waals surface area contributed by atoms with Crippen LogP contribution in [0.15, 0.2) is 78.9 Å². The summed E-state index contributed by atoms with van der Waals surface area (Å²) in [5, 5.41) is 0. The number of nitrogens with zero attached hydrogens (tertiary/aromatic N) is 4. The highest BCUT2D eigenvalue weighted by Crippen LogP contribution is 2.22. The highest BCUT2D eigenvalue weighted by atomic mass is 15.3. The number of hydrogen-bond acceptors (Lipinski definition) is 4. The topological polar surface area (TPSA) is 13.0 Å². The maximum atomic E-state index is 2.70. The number of aryl methyl sites for hydroxylation is 1. The molecule has 0 aliphatic carbocycles. The van der Waals surface area contributed by atoms with Crippen molar-refractivity contribution in [2.75, 3.05) is 39.3 Å². The molecule has 2 unspecified atom stereocenters. The first kappa shape index (κ1) is 26.1. The van der Waals surface area contributed by atoms with Crippen LogP contribution in [0.5, 0.6) is 0 Å². The Bertz CT molecular complexity index is 1090. The average Bonchev–Trinajstić information content (AvgIpc) is 2.90. The largest absolute Gasteiger partial charge is 0.297 e. The van der Waals surface area contributed by atoms with Gasteiger partial charge in [-0.2, -0.15) is 0 Å². The van der Waals surface area contributed by atoms with Crippen LogP contribution in [0.3, 0.4) is 0 Å². The lowest BCUT2D eigenvalue weighted by Gasteiger charge is -2.44. The van der Waals surface area contributed by atoms with Crippen molar-refractivity contribution >= 4 is 0 Å². The monoisotopic (exact) mass is 496 g/mol. The van der Waals surface area contributed by atoms with E-state index in [2.05, 4.69) is 119 Å². The van der Waals surface area contributed by atoms with Gasteiger partial charge in [0.05, 0.1) is 0 Å². The van der Waals surface area contributed by atoms with Crippen molar-refractivity contribution in [1.29, 1.82) is 0 Å². The number of benzene rings is 3. The van der Waals surface area contributed by atoms with Crippen LogP contribution in [0, 0.1) is 6.92 Å². The zero-order valence-corrected chi connectivity index (χ0v) is 23.0. The molecule has 0 radical (unpaired) electrons. The molecule has 0 N–H and O–H groups in total. The molecule has 3 aromatic carbocycles. The lowest BCUT2D eigenvalue weighted by atomic mass is 10.0. The summed E-state index contributed by atoms with van der Waals surface area (Å²) in [4.78, 5) is 10.5. The van der Waals surface area contributed by atoms with Gasteiger partial charge in [0, 0.05) is 77.5 Å². The van der Waals surface area contributed by atoms with Crippen LogP contribution in [0.1, 0.15) is 41.7 Å². The van der Waals surface area contributed by atoms with Crippen LogP contribution >= 0.6 is 0 Å². The molecule has 4 heteroatoms. The van der Waals surface area contributed by atoms with E-state index in [1.165, 1.54) is 27.8 Å².